The van der Waals surface area contributed by atoms with E-state index >= 15 is 0 Å². The highest BCUT2D eigenvalue weighted by Crippen LogP contribution is 2.13. The summed E-state index contributed by atoms with van der Waals surface area (Å²) in [6.45, 7) is 4.03. The van der Waals surface area contributed by atoms with Gasteiger partial charge in [-0.3, -0.25) is 11.3 Å². The van der Waals surface area contributed by atoms with Crippen molar-refractivity contribution in [3.8, 4) is 0 Å². The predicted molar refractivity (Wildman–Crippen MR) is 70.4 cm³/mol. The maximum Gasteiger partial charge on any atom is 0.149 e. The first kappa shape index (κ1) is 14.2. The van der Waals surface area contributed by atoms with Gasteiger partial charge in [-0.05, 0) is 31.4 Å². The van der Waals surface area contributed by atoms with Crippen molar-refractivity contribution >= 4 is 9.84 Å². The molecule has 1 rings (SSSR count). The van der Waals surface area contributed by atoms with E-state index in [4.69, 9.17) is 5.84 Å². The normalized spacial score (nSPS) is 13.6. The van der Waals surface area contributed by atoms with E-state index in [1.807, 2.05) is 26.0 Å². The first-order chi connectivity index (χ1) is 7.81. The van der Waals surface area contributed by atoms with E-state index in [1.54, 1.807) is 0 Å². The van der Waals surface area contributed by atoms with Gasteiger partial charge in [-0.25, -0.2) is 8.42 Å². The van der Waals surface area contributed by atoms with Crippen LogP contribution in [0, 0.1) is 13.8 Å². The molecule has 0 saturated heterocycles. The number of hydrogen-bond acceptors (Lipinski definition) is 4. The Bertz CT molecular complexity index is 483. The maximum absolute atomic E-state index is 11.2. The monoisotopic (exact) mass is 256 g/mol. The summed E-state index contributed by atoms with van der Waals surface area (Å²) in [6, 6.07) is 5.91. The van der Waals surface area contributed by atoms with Crippen LogP contribution >= 0.6 is 0 Å². The van der Waals surface area contributed by atoms with Crippen LogP contribution in [0.1, 0.15) is 16.7 Å². The Morgan fingerprint density at radius 1 is 1.35 bits per heavy atom. The summed E-state index contributed by atoms with van der Waals surface area (Å²) in [4.78, 5) is 0. The highest BCUT2D eigenvalue weighted by atomic mass is 32.2. The number of hydrazine groups is 1. The van der Waals surface area contributed by atoms with Crippen molar-refractivity contribution in [3.05, 3.63) is 34.9 Å². The minimum Gasteiger partial charge on any atom is -0.271 e. The maximum atomic E-state index is 11.2. The Hall–Kier alpha value is -0.910. The molecule has 0 amide bonds. The topological polar surface area (TPSA) is 72.2 Å². The molecule has 5 heteroatoms. The summed E-state index contributed by atoms with van der Waals surface area (Å²) in [6.07, 6.45) is 1.84. The van der Waals surface area contributed by atoms with Crippen LogP contribution in [0.25, 0.3) is 0 Å². The van der Waals surface area contributed by atoms with Crippen molar-refractivity contribution in [2.75, 3.05) is 12.0 Å². The van der Waals surface area contributed by atoms with Crippen molar-refractivity contribution in [3.63, 3.8) is 0 Å². The van der Waals surface area contributed by atoms with Crippen LogP contribution in [0.3, 0.4) is 0 Å². The molecule has 0 fully saturated rings. The Morgan fingerprint density at radius 2 is 2.00 bits per heavy atom. The zero-order valence-electron chi connectivity index (χ0n) is 10.5. The average molecular weight is 256 g/mol. The fraction of sp³-hybridized carbons (Fsp3) is 0.500. The van der Waals surface area contributed by atoms with Gasteiger partial charge in [0.25, 0.3) is 0 Å². The van der Waals surface area contributed by atoms with Gasteiger partial charge in [0.05, 0.1) is 5.75 Å². The fourth-order valence-electron chi connectivity index (χ4n) is 1.82. The molecule has 4 nitrogen and oxygen atoms in total. The van der Waals surface area contributed by atoms with Crippen LogP contribution in [0.5, 0.6) is 0 Å². The zero-order valence-corrected chi connectivity index (χ0v) is 11.3. The molecule has 0 aromatic heterocycles. The molecule has 0 spiro atoms. The second-order valence-electron chi connectivity index (χ2n) is 4.59. The van der Waals surface area contributed by atoms with Crippen LogP contribution in [-0.4, -0.2) is 26.5 Å². The van der Waals surface area contributed by atoms with E-state index in [9.17, 15) is 8.42 Å². The van der Waals surface area contributed by atoms with Crippen LogP contribution in [0.4, 0.5) is 0 Å². The van der Waals surface area contributed by atoms with Crippen molar-refractivity contribution in [1.82, 2.24) is 5.43 Å². The van der Waals surface area contributed by atoms with Crippen LogP contribution in [0.15, 0.2) is 18.2 Å². The summed E-state index contributed by atoms with van der Waals surface area (Å²) >= 11 is 0. The SMILES string of the molecule is Cc1ccc(C)c(CC(CS(C)(=O)=O)NN)c1. The molecule has 0 bridgehead atoms. The fourth-order valence-corrected chi connectivity index (χ4v) is 2.76. The van der Waals surface area contributed by atoms with Crippen LogP contribution < -0.4 is 11.3 Å². The molecule has 1 atom stereocenters. The van der Waals surface area contributed by atoms with Crippen LogP contribution in [-0.2, 0) is 16.3 Å². The quantitative estimate of drug-likeness (QED) is 0.601. The van der Waals surface area contributed by atoms with E-state index in [2.05, 4.69) is 11.5 Å². The molecule has 17 heavy (non-hydrogen) atoms. The second kappa shape index (κ2) is 5.62. The largest absolute Gasteiger partial charge is 0.271 e. The summed E-state index contributed by atoms with van der Waals surface area (Å²) in [5.41, 5.74) is 6.03. The van der Waals surface area contributed by atoms with Gasteiger partial charge in [-0.1, -0.05) is 23.8 Å². The zero-order chi connectivity index (χ0) is 13.1. The van der Waals surface area contributed by atoms with Crippen molar-refractivity contribution < 1.29 is 8.42 Å². The predicted octanol–water partition coefficient (Wildman–Crippen LogP) is 0.722. The molecule has 3 N–H and O–H groups in total. The van der Waals surface area contributed by atoms with Gasteiger partial charge in [-0.2, -0.15) is 0 Å². The van der Waals surface area contributed by atoms with Gasteiger partial charge in [0.1, 0.15) is 9.84 Å². The van der Waals surface area contributed by atoms with E-state index in [0.717, 1.165) is 11.1 Å². The third kappa shape index (κ3) is 4.85. The average Bonchev–Trinajstić information content (AvgIpc) is 2.20. The van der Waals surface area contributed by atoms with E-state index < -0.39 is 9.84 Å². The highest BCUT2D eigenvalue weighted by Gasteiger charge is 2.15. The lowest BCUT2D eigenvalue weighted by molar-refractivity contribution is 0.545. The van der Waals surface area contributed by atoms with E-state index in [0.29, 0.717) is 6.42 Å². The first-order valence-corrected chi connectivity index (χ1v) is 7.58. The smallest absolute Gasteiger partial charge is 0.149 e. The molecular weight excluding hydrogens is 236 g/mol. The minimum absolute atomic E-state index is 0.0525. The van der Waals surface area contributed by atoms with Gasteiger partial charge < -0.3 is 0 Å². The molecule has 0 saturated carbocycles. The molecule has 1 aromatic rings. The highest BCUT2D eigenvalue weighted by molar-refractivity contribution is 7.90. The van der Waals surface area contributed by atoms with E-state index in [1.165, 1.54) is 11.8 Å². The Kier molecular flexibility index (Phi) is 4.68. The number of nitrogens with two attached hydrogens (primary N) is 1. The van der Waals surface area contributed by atoms with Gasteiger partial charge in [-0.15, -0.1) is 0 Å². The number of aryl methyl sites for hydroxylation is 2. The molecular formula is C12H20N2O2S. The number of rotatable bonds is 5. The molecule has 0 aliphatic rings. The number of sulfone groups is 1. The molecule has 0 radical (unpaired) electrons. The van der Waals surface area contributed by atoms with E-state index in [-0.39, 0.29) is 11.8 Å². The first-order valence-electron chi connectivity index (χ1n) is 5.52. The molecule has 1 unspecified atom stereocenters. The van der Waals surface area contributed by atoms with Gasteiger partial charge in [0.15, 0.2) is 0 Å². The molecule has 96 valence electrons. The second-order valence-corrected chi connectivity index (χ2v) is 6.77. The Morgan fingerprint density at radius 3 is 2.53 bits per heavy atom. The summed E-state index contributed by atoms with van der Waals surface area (Å²) in [5.74, 6) is 5.45. The number of hydrogen-bond donors (Lipinski definition) is 2. The summed E-state index contributed by atoms with van der Waals surface area (Å²) in [7, 11) is -3.02. The van der Waals surface area contributed by atoms with Gasteiger partial charge in [0, 0.05) is 12.3 Å². The number of nitrogens with one attached hydrogen (secondary N) is 1. The lowest BCUT2D eigenvalue weighted by Crippen LogP contribution is -2.41. The van der Waals surface area contributed by atoms with Crippen LogP contribution in [0.2, 0.25) is 0 Å². The minimum atomic E-state index is -3.02. The van der Waals surface area contributed by atoms with Crippen molar-refractivity contribution in [2.24, 2.45) is 5.84 Å². The standard InChI is InChI=1S/C12H20N2O2S/c1-9-4-5-10(2)11(6-9)7-12(14-13)8-17(3,15)16/h4-6,12,14H,7-8,13H2,1-3H3. The number of benzene rings is 1. The molecule has 0 aliphatic heterocycles. The molecule has 1 aromatic carbocycles. The lowest BCUT2D eigenvalue weighted by atomic mass is 10.00. The van der Waals surface area contributed by atoms with Gasteiger partial charge in [0.2, 0.25) is 0 Å². The van der Waals surface area contributed by atoms with Crippen molar-refractivity contribution in [2.45, 2.75) is 26.3 Å². The summed E-state index contributed by atoms with van der Waals surface area (Å²) < 4.78 is 22.5. The summed E-state index contributed by atoms with van der Waals surface area (Å²) in [5, 5.41) is 0. The Balaban J connectivity index is 2.84. The van der Waals surface area contributed by atoms with Gasteiger partial charge >= 0.3 is 0 Å². The third-order valence-corrected chi connectivity index (χ3v) is 3.72. The molecule has 0 aliphatic carbocycles. The lowest BCUT2D eigenvalue weighted by Gasteiger charge is -2.16. The Labute approximate surface area is 103 Å². The third-order valence-electron chi connectivity index (χ3n) is 2.71. The van der Waals surface area contributed by atoms with Crippen molar-refractivity contribution in [1.29, 1.82) is 0 Å². The molecule has 0 heterocycles.